The fraction of sp³-hybridized carbons (Fsp3) is 0.458. The number of H-pyrrole nitrogens is 1. The third-order valence-corrected chi connectivity index (χ3v) is 6.35. The Bertz CT molecular complexity index is 1030. The monoisotopic (exact) mass is 456 g/mol. The van der Waals surface area contributed by atoms with Crippen LogP contribution in [0.25, 0.3) is 10.9 Å². The van der Waals surface area contributed by atoms with Crippen molar-refractivity contribution in [3.8, 4) is 0 Å². The molecule has 4 N–H and O–H groups in total. The van der Waals surface area contributed by atoms with Crippen molar-refractivity contribution in [1.29, 1.82) is 0 Å². The van der Waals surface area contributed by atoms with E-state index < -0.39 is 17.9 Å². The summed E-state index contributed by atoms with van der Waals surface area (Å²) in [6.07, 6.45) is 6.81. The summed E-state index contributed by atoms with van der Waals surface area (Å²) < 4.78 is 5.43. The number of rotatable bonds is 12. The van der Waals surface area contributed by atoms with Crippen LogP contribution in [0.5, 0.6) is 0 Å². The number of esters is 1. The van der Waals surface area contributed by atoms with Gasteiger partial charge in [0.25, 0.3) is 5.91 Å². The molecule has 2 aromatic heterocycles. The van der Waals surface area contributed by atoms with Crippen LogP contribution in [-0.4, -0.2) is 34.5 Å². The third-order valence-electron chi connectivity index (χ3n) is 5.37. The molecule has 0 saturated heterocycles. The predicted octanol–water partition coefficient (Wildman–Crippen LogP) is 4.50. The molecule has 7 nitrogen and oxygen atoms in total. The highest BCUT2D eigenvalue weighted by molar-refractivity contribution is 7.09. The van der Waals surface area contributed by atoms with Gasteiger partial charge in [0.1, 0.15) is 16.7 Å². The lowest BCUT2D eigenvalue weighted by Crippen LogP contribution is -2.43. The van der Waals surface area contributed by atoms with Crippen molar-refractivity contribution >= 4 is 34.1 Å². The topological polar surface area (TPSA) is 110 Å². The van der Waals surface area contributed by atoms with Crippen molar-refractivity contribution < 1.29 is 14.3 Å². The average molecular weight is 457 g/mol. The highest BCUT2D eigenvalue weighted by Gasteiger charge is 2.26. The highest BCUT2D eigenvalue weighted by atomic mass is 32.1. The zero-order valence-electron chi connectivity index (χ0n) is 18.7. The van der Waals surface area contributed by atoms with E-state index >= 15 is 0 Å². The molecular formula is C24H32N4O3S. The largest absolute Gasteiger partial charge is 0.464 e. The Hall–Kier alpha value is -2.71. The van der Waals surface area contributed by atoms with Gasteiger partial charge in [0.2, 0.25) is 0 Å². The van der Waals surface area contributed by atoms with Crippen LogP contribution in [0, 0.1) is 0 Å². The number of carbonyl (C=O) groups excluding carboxylic acids is 2. The Kier molecular flexibility index (Phi) is 8.81. The van der Waals surface area contributed by atoms with E-state index in [4.69, 9.17) is 10.5 Å². The number of benzene rings is 1. The van der Waals surface area contributed by atoms with Crippen LogP contribution >= 0.6 is 11.3 Å². The van der Waals surface area contributed by atoms with Gasteiger partial charge in [-0.3, -0.25) is 4.79 Å². The number of ether oxygens (including phenoxy) is 1. The van der Waals surface area contributed by atoms with Crippen molar-refractivity contribution in [1.82, 2.24) is 15.3 Å². The van der Waals surface area contributed by atoms with E-state index in [1.807, 2.05) is 37.4 Å². The Balaban J connectivity index is 1.74. The average Bonchev–Trinajstić information content (AvgIpc) is 3.45. The summed E-state index contributed by atoms with van der Waals surface area (Å²) in [7, 11) is 0. The number of nitrogens with two attached hydrogens (primary N) is 1. The molecule has 0 aliphatic carbocycles. The second kappa shape index (κ2) is 11.8. The van der Waals surface area contributed by atoms with Gasteiger partial charge in [-0.25, -0.2) is 9.78 Å². The smallest absolute Gasteiger partial charge is 0.328 e. The van der Waals surface area contributed by atoms with Crippen LogP contribution in [0.15, 0.2) is 35.8 Å². The predicted molar refractivity (Wildman–Crippen MR) is 128 cm³/mol. The fourth-order valence-electron chi connectivity index (χ4n) is 3.47. The van der Waals surface area contributed by atoms with Crippen LogP contribution in [0.3, 0.4) is 0 Å². The van der Waals surface area contributed by atoms with E-state index in [1.165, 1.54) is 11.3 Å². The van der Waals surface area contributed by atoms with Gasteiger partial charge < -0.3 is 20.8 Å². The standard InChI is InChI=1S/C24H32N4O3S/c1-3-5-10-18(25)23-28-21(15-32-23)22(29)27-20(24(30)31-12-6-4-2)13-16-14-26-19-11-8-7-9-17(16)19/h7-9,11,14-15,18,20,26H,3-6,10,12-13,25H2,1-2H3,(H,27,29). The molecule has 2 unspecified atom stereocenters. The van der Waals surface area contributed by atoms with Crippen molar-refractivity contribution in [3.63, 3.8) is 0 Å². The van der Waals surface area contributed by atoms with Gasteiger partial charge >= 0.3 is 5.97 Å². The van der Waals surface area contributed by atoms with Crippen LogP contribution in [0.4, 0.5) is 0 Å². The number of nitrogens with zero attached hydrogens (tertiary/aromatic N) is 1. The van der Waals surface area contributed by atoms with Crippen molar-refractivity contribution in [2.24, 2.45) is 5.73 Å². The van der Waals surface area contributed by atoms with Gasteiger partial charge in [0, 0.05) is 28.9 Å². The number of thiazole rings is 1. The molecule has 1 amide bonds. The molecule has 1 aromatic carbocycles. The Morgan fingerprint density at radius 3 is 2.78 bits per heavy atom. The summed E-state index contributed by atoms with van der Waals surface area (Å²) in [5.74, 6) is -0.834. The van der Waals surface area contributed by atoms with E-state index in [0.717, 1.165) is 53.6 Å². The number of hydrogen-bond acceptors (Lipinski definition) is 6. The van der Waals surface area contributed by atoms with E-state index in [1.54, 1.807) is 5.38 Å². The fourth-order valence-corrected chi connectivity index (χ4v) is 4.31. The maximum absolute atomic E-state index is 12.9. The van der Waals surface area contributed by atoms with Crippen LogP contribution in [-0.2, 0) is 16.0 Å². The molecule has 0 bridgehead atoms. The molecule has 0 aliphatic rings. The molecule has 2 heterocycles. The number of hydrogen-bond donors (Lipinski definition) is 3. The van der Waals surface area contributed by atoms with Crippen LogP contribution < -0.4 is 11.1 Å². The first-order valence-corrected chi connectivity index (χ1v) is 12.1. The SMILES string of the molecule is CCCCOC(=O)C(Cc1c[nH]c2ccccc12)NC(=O)c1csc(C(N)CCCC)n1. The third kappa shape index (κ3) is 6.17. The maximum Gasteiger partial charge on any atom is 0.328 e. The molecule has 8 heteroatoms. The maximum atomic E-state index is 12.9. The van der Waals surface area contributed by atoms with Crippen molar-refractivity contribution in [2.45, 2.75) is 64.5 Å². The number of para-hydroxylation sites is 1. The van der Waals surface area contributed by atoms with Gasteiger partial charge in [-0.15, -0.1) is 11.3 Å². The first kappa shape index (κ1) is 23.9. The minimum Gasteiger partial charge on any atom is -0.464 e. The lowest BCUT2D eigenvalue weighted by atomic mass is 10.0. The minimum absolute atomic E-state index is 0.178. The van der Waals surface area contributed by atoms with Crippen LogP contribution in [0.1, 0.15) is 73.1 Å². The highest BCUT2D eigenvalue weighted by Crippen LogP contribution is 2.22. The summed E-state index contributed by atoms with van der Waals surface area (Å²) in [5, 5.41) is 6.29. The van der Waals surface area contributed by atoms with Gasteiger partial charge in [0.05, 0.1) is 12.6 Å². The second-order valence-electron chi connectivity index (χ2n) is 7.93. The zero-order valence-corrected chi connectivity index (χ0v) is 19.5. The normalized spacial score (nSPS) is 13.1. The molecule has 0 radical (unpaired) electrons. The first-order chi connectivity index (χ1) is 15.5. The molecule has 3 aromatic rings. The quantitative estimate of drug-likeness (QED) is 0.275. The number of aromatic nitrogens is 2. The van der Waals surface area contributed by atoms with E-state index in [0.29, 0.717) is 13.0 Å². The van der Waals surface area contributed by atoms with Gasteiger partial charge in [0.15, 0.2) is 0 Å². The minimum atomic E-state index is -0.808. The molecule has 3 rings (SSSR count). The van der Waals surface area contributed by atoms with Crippen molar-refractivity contribution in [2.75, 3.05) is 6.61 Å². The van der Waals surface area contributed by atoms with E-state index in [-0.39, 0.29) is 11.7 Å². The summed E-state index contributed by atoms with van der Waals surface area (Å²) >= 11 is 1.38. The number of aromatic amines is 1. The molecule has 172 valence electrons. The van der Waals surface area contributed by atoms with Gasteiger partial charge in [-0.2, -0.15) is 0 Å². The number of fused-ring (bicyclic) bond motifs is 1. The number of carbonyl (C=O) groups is 2. The van der Waals surface area contributed by atoms with Crippen LogP contribution in [0.2, 0.25) is 0 Å². The Labute approximate surface area is 192 Å². The van der Waals surface area contributed by atoms with Gasteiger partial charge in [-0.1, -0.05) is 51.3 Å². The first-order valence-electron chi connectivity index (χ1n) is 11.3. The van der Waals surface area contributed by atoms with E-state index in [2.05, 4.69) is 22.2 Å². The lowest BCUT2D eigenvalue weighted by Gasteiger charge is -2.17. The molecule has 2 atom stereocenters. The molecule has 0 saturated carbocycles. The van der Waals surface area contributed by atoms with Gasteiger partial charge in [-0.05, 0) is 24.5 Å². The number of nitrogens with one attached hydrogen (secondary N) is 2. The summed E-state index contributed by atoms with van der Waals surface area (Å²) in [4.78, 5) is 33.3. The van der Waals surface area contributed by atoms with E-state index in [9.17, 15) is 9.59 Å². The van der Waals surface area contributed by atoms with Crippen molar-refractivity contribution in [3.05, 3.63) is 52.1 Å². The molecule has 0 aliphatic heterocycles. The number of unbranched alkanes of at least 4 members (excludes halogenated alkanes) is 2. The Morgan fingerprint density at radius 1 is 1.22 bits per heavy atom. The molecule has 0 fully saturated rings. The summed E-state index contributed by atoms with van der Waals surface area (Å²) in [5.41, 5.74) is 8.40. The zero-order chi connectivity index (χ0) is 22.9. The number of amides is 1. The summed E-state index contributed by atoms with van der Waals surface area (Å²) in [6.45, 7) is 4.48. The molecule has 32 heavy (non-hydrogen) atoms. The summed E-state index contributed by atoms with van der Waals surface area (Å²) in [6, 6.07) is 6.88. The molecule has 0 spiro atoms. The molecular weight excluding hydrogens is 424 g/mol. The lowest BCUT2D eigenvalue weighted by molar-refractivity contribution is -0.146. The second-order valence-corrected chi connectivity index (χ2v) is 8.82. The Morgan fingerprint density at radius 2 is 2.00 bits per heavy atom.